The minimum atomic E-state index is -0.971. The van der Waals surface area contributed by atoms with Gasteiger partial charge in [0.15, 0.2) is 0 Å². The predicted octanol–water partition coefficient (Wildman–Crippen LogP) is 15.8. The Labute approximate surface area is 401 Å². The van der Waals surface area contributed by atoms with Crippen molar-refractivity contribution in [3.8, 4) is 65.4 Å². The molecule has 0 saturated carbocycles. The number of nitrogens with zero attached hydrogens (tertiary/aromatic N) is 2. The first kappa shape index (κ1) is 41.0. The summed E-state index contributed by atoms with van der Waals surface area (Å²) in [5, 5.41) is 23.2. The third kappa shape index (κ3) is 5.90. The molecule has 11 aromatic rings. The molecule has 0 amide bonds. The molecule has 2 aliphatic carbocycles. The maximum absolute atomic E-state index is 11.8. The molecule has 0 bridgehead atoms. The van der Waals surface area contributed by atoms with Crippen molar-refractivity contribution < 1.29 is 19.8 Å². The van der Waals surface area contributed by atoms with Gasteiger partial charge >= 0.3 is 11.9 Å². The molecule has 0 saturated heterocycles. The largest absolute Gasteiger partial charge is 0.478 e. The van der Waals surface area contributed by atoms with Crippen LogP contribution < -0.4 is 0 Å². The average molecular weight is 911 g/mol. The summed E-state index contributed by atoms with van der Waals surface area (Å²) in [6.45, 7) is 9.28. The monoisotopic (exact) mass is 910 g/mol. The Morgan fingerprint density at radius 3 is 1.16 bits per heavy atom. The Morgan fingerprint density at radius 1 is 0.391 bits per heavy atom. The Bertz CT molecular complexity index is 3810. The third-order valence-electron chi connectivity index (χ3n) is 15.0. The second kappa shape index (κ2) is 14.6. The summed E-state index contributed by atoms with van der Waals surface area (Å²) in [6.07, 6.45) is 0. The van der Waals surface area contributed by atoms with Crippen LogP contribution in [0.1, 0.15) is 70.7 Å². The zero-order valence-corrected chi connectivity index (χ0v) is 39.0. The molecular weight excluding hydrogens is 869 g/mol. The van der Waals surface area contributed by atoms with Gasteiger partial charge in [0.1, 0.15) is 11.0 Å². The van der Waals surface area contributed by atoms with Crippen LogP contribution in [-0.2, 0) is 10.8 Å². The zero-order chi connectivity index (χ0) is 47.1. The van der Waals surface area contributed by atoms with Gasteiger partial charge in [0.25, 0.3) is 0 Å². The fourth-order valence-electron chi connectivity index (χ4n) is 11.5. The van der Waals surface area contributed by atoms with Crippen LogP contribution >= 0.6 is 11.3 Å². The number of hydrogen-bond acceptors (Lipinski definition) is 5. The van der Waals surface area contributed by atoms with E-state index in [9.17, 15) is 19.8 Å². The van der Waals surface area contributed by atoms with Gasteiger partial charge in [-0.25, -0.2) is 19.6 Å². The van der Waals surface area contributed by atoms with Gasteiger partial charge in [0.2, 0.25) is 0 Å². The van der Waals surface area contributed by atoms with Crippen LogP contribution in [0.15, 0.2) is 170 Å². The number of aromatic nitrogens is 2. The van der Waals surface area contributed by atoms with Gasteiger partial charge in [0, 0.05) is 32.7 Å². The SMILES string of the molecule is CC1(C)c2ccccc2-c2c(-c3sc(-c4cccc5c4-c4ccccc4C5(C)C)c4nc5c6ccc(-c7ccc(C(=O)O)cc7)cc6c6cc(-c7ccc(C(=O)O)cc7)ccc6c5nc34)cccc21. The lowest BCUT2D eigenvalue weighted by atomic mass is 9.82. The van der Waals surface area contributed by atoms with E-state index in [0.29, 0.717) is 0 Å². The van der Waals surface area contributed by atoms with E-state index in [1.807, 2.05) is 24.3 Å². The maximum Gasteiger partial charge on any atom is 0.335 e. The van der Waals surface area contributed by atoms with Crippen molar-refractivity contribution in [1.29, 1.82) is 0 Å². The smallest absolute Gasteiger partial charge is 0.335 e. The number of hydrogen-bond donors (Lipinski definition) is 2. The van der Waals surface area contributed by atoms with Gasteiger partial charge in [-0.15, -0.1) is 11.3 Å². The molecule has 0 atom stereocenters. The first-order valence-electron chi connectivity index (χ1n) is 23.2. The highest BCUT2D eigenvalue weighted by Crippen LogP contribution is 2.58. The van der Waals surface area contributed by atoms with E-state index in [2.05, 4.69) is 149 Å². The van der Waals surface area contributed by atoms with Crippen LogP contribution in [0.3, 0.4) is 0 Å². The topological polar surface area (TPSA) is 100 Å². The van der Waals surface area contributed by atoms with Crippen molar-refractivity contribution in [3.05, 3.63) is 203 Å². The molecule has 0 spiro atoms. The molecule has 2 heterocycles. The van der Waals surface area contributed by atoms with Crippen LogP contribution in [0, 0.1) is 0 Å². The number of carboxylic acids is 2. The highest BCUT2D eigenvalue weighted by molar-refractivity contribution is 7.21. The van der Waals surface area contributed by atoms with Crippen LogP contribution in [0.5, 0.6) is 0 Å². The number of carbonyl (C=O) groups is 2. The van der Waals surface area contributed by atoms with Gasteiger partial charge in [-0.05, 0) is 114 Å². The van der Waals surface area contributed by atoms with Crippen molar-refractivity contribution >= 4 is 66.9 Å². The molecule has 7 heteroatoms. The molecule has 2 N–H and O–H groups in total. The highest BCUT2D eigenvalue weighted by atomic mass is 32.1. The number of fused-ring (bicyclic) bond motifs is 13. The molecule has 13 rings (SSSR count). The molecule has 6 nitrogen and oxygen atoms in total. The standard InChI is InChI=1S/C62H42N2O4S/c1-61(2)47-15-7-5-11-41(47)51-43(13-9-17-49(51)61)57-55-56(58(69-57)44-14-10-18-50-52(44)42-12-6-8-16-48(42)62(50,3)4)64-54-40-30-28-38(34-21-25-36(26-22-34)60(67)68)32-46(40)45-31-37(27-29-39(45)53(54)63-55)33-19-23-35(24-20-33)59(65)66/h5-32H,1-4H3,(H,65,66)(H,67,68). The molecule has 0 fully saturated rings. The van der Waals surface area contributed by atoms with Crippen molar-refractivity contribution in [2.24, 2.45) is 0 Å². The summed E-state index contributed by atoms with van der Waals surface area (Å²) < 4.78 is 0. The van der Waals surface area contributed by atoms with E-state index in [1.54, 1.807) is 35.6 Å². The van der Waals surface area contributed by atoms with Crippen molar-refractivity contribution in [3.63, 3.8) is 0 Å². The highest BCUT2D eigenvalue weighted by Gasteiger charge is 2.39. The molecule has 69 heavy (non-hydrogen) atoms. The molecule has 0 aliphatic heterocycles. The first-order chi connectivity index (χ1) is 33.4. The normalized spacial score (nSPS) is 14.0. The van der Waals surface area contributed by atoms with E-state index in [4.69, 9.17) is 9.97 Å². The van der Waals surface area contributed by atoms with E-state index >= 15 is 0 Å². The quantitative estimate of drug-likeness (QED) is 0.161. The number of thiophene rings is 1. The maximum atomic E-state index is 11.8. The molecule has 330 valence electrons. The fourth-order valence-corrected chi connectivity index (χ4v) is 12.7. The number of rotatable bonds is 6. The fraction of sp³-hybridized carbons (Fsp3) is 0.0968. The van der Waals surface area contributed by atoms with Crippen LogP contribution in [-0.4, -0.2) is 32.1 Å². The van der Waals surface area contributed by atoms with Crippen molar-refractivity contribution in [2.75, 3.05) is 0 Å². The Kier molecular flexibility index (Phi) is 8.68. The second-order valence-electron chi connectivity index (χ2n) is 19.5. The third-order valence-corrected chi connectivity index (χ3v) is 16.2. The summed E-state index contributed by atoms with van der Waals surface area (Å²) in [5.74, 6) is -1.94. The van der Waals surface area contributed by atoms with E-state index in [-0.39, 0.29) is 22.0 Å². The first-order valence-corrected chi connectivity index (χ1v) is 24.0. The summed E-state index contributed by atoms with van der Waals surface area (Å²) in [6, 6.07) is 57.8. The van der Waals surface area contributed by atoms with Crippen LogP contribution in [0.4, 0.5) is 0 Å². The Morgan fingerprint density at radius 2 is 0.754 bits per heavy atom. The lowest BCUT2D eigenvalue weighted by molar-refractivity contribution is 0.0686. The van der Waals surface area contributed by atoms with Crippen molar-refractivity contribution in [2.45, 2.75) is 38.5 Å². The van der Waals surface area contributed by atoms with E-state index in [1.165, 1.54) is 44.5 Å². The summed E-state index contributed by atoms with van der Waals surface area (Å²) in [5.41, 5.74) is 19.5. The summed E-state index contributed by atoms with van der Waals surface area (Å²) in [4.78, 5) is 37.4. The van der Waals surface area contributed by atoms with E-state index < -0.39 is 11.9 Å². The van der Waals surface area contributed by atoms with Gasteiger partial charge < -0.3 is 10.2 Å². The van der Waals surface area contributed by atoms with Gasteiger partial charge in [-0.3, -0.25) is 0 Å². The zero-order valence-electron chi connectivity index (χ0n) is 38.2. The van der Waals surface area contributed by atoms with Crippen LogP contribution in [0.25, 0.3) is 109 Å². The Balaban J connectivity index is 1.14. The molecular formula is C62H42N2O4S. The lowest BCUT2D eigenvalue weighted by Crippen LogP contribution is -2.14. The number of benzene rings is 9. The minimum Gasteiger partial charge on any atom is -0.478 e. The summed E-state index contributed by atoms with van der Waals surface area (Å²) >= 11 is 1.78. The number of carboxylic acid groups (broad SMARTS) is 2. The molecule has 0 radical (unpaired) electrons. The van der Waals surface area contributed by atoms with E-state index in [0.717, 1.165) is 86.7 Å². The minimum absolute atomic E-state index is 0.191. The lowest BCUT2D eigenvalue weighted by Gasteiger charge is -2.21. The number of aromatic carboxylic acids is 2. The van der Waals surface area contributed by atoms with Crippen molar-refractivity contribution in [1.82, 2.24) is 9.97 Å². The van der Waals surface area contributed by atoms with Gasteiger partial charge in [-0.1, -0.05) is 161 Å². The second-order valence-corrected chi connectivity index (χ2v) is 20.5. The molecule has 2 aromatic heterocycles. The molecule has 2 aliphatic rings. The molecule has 0 unspecified atom stereocenters. The Hall–Kier alpha value is -8.26. The van der Waals surface area contributed by atoms with Gasteiger partial charge in [0.05, 0.1) is 31.9 Å². The van der Waals surface area contributed by atoms with Crippen LogP contribution in [0.2, 0.25) is 0 Å². The molecule has 9 aromatic carbocycles. The summed E-state index contributed by atoms with van der Waals surface area (Å²) in [7, 11) is 0. The predicted molar refractivity (Wildman–Crippen MR) is 281 cm³/mol. The van der Waals surface area contributed by atoms with Gasteiger partial charge in [-0.2, -0.15) is 0 Å². The average Bonchev–Trinajstić information content (AvgIpc) is 3.95.